The number of urea groups is 1. The van der Waals surface area contributed by atoms with E-state index >= 15 is 0 Å². The highest BCUT2D eigenvalue weighted by atomic mass is 16.4. The first-order chi connectivity index (χ1) is 9.37. The smallest absolute Gasteiger partial charge is 0.329 e. The molecule has 1 saturated heterocycles. The summed E-state index contributed by atoms with van der Waals surface area (Å²) in [4.78, 5) is 25.4. The summed E-state index contributed by atoms with van der Waals surface area (Å²) >= 11 is 0. The number of rotatable bonds is 3. The Bertz CT molecular complexity index is 391. The minimum absolute atomic E-state index is 0.186. The molecule has 1 atom stereocenters. The van der Waals surface area contributed by atoms with Crippen LogP contribution in [0.4, 0.5) is 4.79 Å². The van der Waals surface area contributed by atoms with Crippen molar-refractivity contribution in [2.75, 3.05) is 13.1 Å². The molecule has 0 radical (unpaired) electrons. The van der Waals surface area contributed by atoms with Crippen molar-refractivity contribution in [2.24, 2.45) is 5.41 Å². The lowest BCUT2D eigenvalue weighted by atomic mass is 9.88. The number of carbonyl (C=O) groups is 2. The van der Waals surface area contributed by atoms with Crippen LogP contribution < -0.4 is 5.32 Å². The predicted octanol–water partition coefficient (Wildman–Crippen LogP) is 2.61. The molecule has 0 aromatic carbocycles. The van der Waals surface area contributed by atoms with E-state index in [2.05, 4.69) is 12.2 Å². The Labute approximate surface area is 120 Å². The maximum Gasteiger partial charge on any atom is 0.329 e. The van der Waals surface area contributed by atoms with Crippen molar-refractivity contribution in [1.82, 2.24) is 10.2 Å². The number of nitrogens with one attached hydrogen (secondary N) is 1. The van der Waals surface area contributed by atoms with Gasteiger partial charge in [-0.2, -0.15) is 0 Å². The van der Waals surface area contributed by atoms with E-state index < -0.39 is 11.5 Å². The van der Waals surface area contributed by atoms with E-state index in [-0.39, 0.29) is 11.4 Å². The number of piperidine rings is 1. The van der Waals surface area contributed by atoms with E-state index in [1.807, 2.05) is 0 Å². The quantitative estimate of drug-likeness (QED) is 0.836. The third-order valence-corrected chi connectivity index (χ3v) is 5.07. The lowest BCUT2D eigenvalue weighted by molar-refractivity contribution is -0.150. The Morgan fingerprint density at radius 2 is 1.70 bits per heavy atom. The number of likely N-dealkylation sites (tertiary alicyclic amines) is 1. The minimum atomic E-state index is -1.06. The topological polar surface area (TPSA) is 69.6 Å². The van der Waals surface area contributed by atoms with Gasteiger partial charge in [0.05, 0.1) is 0 Å². The van der Waals surface area contributed by atoms with Crippen LogP contribution in [0.15, 0.2) is 0 Å². The van der Waals surface area contributed by atoms with E-state index in [4.69, 9.17) is 0 Å². The first-order valence-electron chi connectivity index (χ1n) is 7.66. The normalized spacial score (nSPS) is 29.2. The first kappa shape index (κ1) is 15.1. The van der Waals surface area contributed by atoms with Crippen molar-refractivity contribution in [1.29, 1.82) is 0 Å². The molecular formula is C15H26N2O3. The van der Waals surface area contributed by atoms with Gasteiger partial charge in [0.1, 0.15) is 5.54 Å². The number of carbonyl (C=O) groups excluding carboxylic acids is 1. The molecule has 5 heteroatoms. The molecule has 0 spiro atoms. The van der Waals surface area contributed by atoms with Crippen molar-refractivity contribution in [3.8, 4) is 0 Å². The van der Waals surface area contributed by atoms with Crippen LogP contribution in [-0.4, -0.2) is 40.6 Å². The Kier molecular flexibility index (Phi) is 4.25. The summed E-state index contributed by atoms with van der Waals surface area (Å²) in [6, 6.07) is -0.220. The summed E-state index contributed by atoms with van der Waals surface area (Å²) in [6.45, 7) is 5.04. The van der Waals surface area contributed by atoms with Gasteiger partial charge in [-0.25, -0.2) is 9.59 Å². The molecule has 0 bridgehead atoms. The van der Waals surface area contributed by atoms with Crippen LogP contribution in [0.2, 0.25) is 0 Å². The van der Waals surface area contributed by atoms with Crippen molar-refractivity contribution >= 4 is 12.0 Å². The van der Waals surface area contributed by atoms with E-state index in [1.54, 1.807) is 6.92 Å². The zero-order valence-electron chi connectivity index (χ0n) is 12.6. The third-order valence-electron chi connectivity index (χ3n) is 5.07. The molecule has 5 nitrogen and oxygen atoms in total. The number of amides is 2. The highest BCUT2D eigenvalue weighted by molar-refractivity contribution is 5.86. The summed E-state index contributed by atoms with van der Waals surface area (Å²) in [5.74, 6) is -0.903. The van der Waals surface area contributed by atoms with E-state index in [9.17, 15) is 14.7 Å². The number of hydrogen-bond donors (Lipinski definition) is 2. The Morgan fingerprint density at radius 3 is 2.30 bits per heavy atom. The lowest BCUT2D eigenvalue weighted by Crippen LogP contribution is -2.60. The lowest BCUT2D eigenvalue weighted by Gasteiger charge is -2.42. The number of nitrogens with zero attached hydrogens (tertiary/aromatic N) is 1. The van der Waals surface area contributed by atoms with E-state index in [1.165, 1.54) is 17.7 Å². The van der Waals surface area contributed by atoms with Crippen LogP contribution in [0.1, 0.15) is 58.8 Å². The van der Waals surface area contributed by atoms with Gasteiger partial charge in [0.15, 0.2) is 0 Å². The standard InChI is InChI=1S/C15H26N2O3/c1-14(7-3-4-8-14)11-16-13(20)17-10-6-5-9-15(17,2)12(18)19/h3-11H2,1-2H3,(H,16,20)(H,18,19). The number of carboxylic acid groups (broad SMARTS) is 1. The fourth-order valence-corrected chi connectivity index (χ4v) is 3.46. The van der Waals surface area contributed by atoms with Crippen molar-refractivity contribution in [3.63, 3.8) is 0 Å². The monoisotopic (exact) mass is 282 g/mol. The molecule has 1 aliphatic carbocycles. The molecule has 2 fully saturated rings. The molecule has 1 aliphatic heterocycles. The second-order valence-electron chi connectivity index (χ2n) is 6.86. The third kappa shape index (κ3) is 2.91. The summed E-state index contributed by atoms with van der Waals surface area (Å²) in [7, 11) is 0. The molecule has 0 aromatic heterocycles. The highest BCUT2D eigenvalue weighted by Gasteiger charge is 2.44. The number of hydrogen-bond acceptors (Lipinski definition) is 2. The summed E-state index contributed by atoms with van der Waals surface area (Å²) in [6.07, 6.45) is 7.02. The van der Waals surface area contributed by atoms with E-state index in [0.717, 1.165) is 25.7 Å². The van der Waals surface area contributed by atoms with Crippen LogP contribution in [0.25, 0.3) is 0 Å². The molecule has 114 valence electrons. The summed E-state index contributed by atoms with van der Waals surface area (Å²) < 4.78 is 0. The van der Waals surface area contributed by atoms with Gasteiger partial charge in [0.25, 0.3) is 0 Å². The van der Waals surface area contributed by atoms with Gasteiger partial charge in [0.2, 0.25) is 0 Å². The minimum Gasteiger partial charge on any atom is -0.480 e. The van der Waals surface area contributed by atoms with Gasteiger partial charge in [0, 0.05) is 13.1 Å². The van der Waals surface area contributed by atoms with Crippen LogP contribution in [0.3, 0.4) is 0 Å². The molecule has 2 N–H and O–H groups in total. The Morgan fingerprint density at radius 1 is 1.10 bits per heavy atom. The van der Waals surface area contributed by atoms with Crippen LogP contribution >= 0.6 is 0 Å². The van der Waals surface area contributed by atoms with Crippen LogP contribution in [0.5, 0.6) is 0 Å². The summed E-state index contributed by atoms with van der Waals surface area (Å²) in [5, 5.41) is 12.4. The maximum atomic E-state index is 12.4. The van der Waals surface area contributed by atoms with Crippen molar-refractivity contribution in [2.45, 2.75) is 64.3 Å². The van der Waals surface area contributed by atoms with Gasteiger partial charge in [-0.15, -0.1) is 0 Å². The van der Waals surface area contributed by atoms with Crippen molar-refractivity contribution < 1.29 is 14.7 Å². The first-order valence-corrected chi connectivity index (χ1v) is 7.66. The average Bonchev–Trinajstić information content (AvgIpc) is 2.84. The molecule has 1 heterocycles. The predicted molar refractivity (Wildman–Crippen MR) is 76.6 cm³/mol. The average molecular weight is 282 g/mol. The van der Waals surface area contributed by atoms with Crippen LogP contribution in [-0.2, 0) is 4.79 Å². The molecule has 1 saturated carbocycles. The fourth-order valence-electron chi connectivity index (χ4n) is 3.46. The van der Waals surface area contributed by atoms with E-state index in [0.29, 0.717) is 19.5 Å². The SMILES string of the molecule is CC1(CNC(=O)N2CCCCC2(C)C(=O)O)CCCC1. The largest absolute Gasteiger partial charge is 0.480 e. The molecule has 2 aliphatic rings. The zero-order valence-corrected chi connectivity index (χ0v) is 12.6. The van der Waals surface area contributed by atoms with Gasteiger partial charge in [-0.1, -0.05) is 19.8 Å². The second-order valence-corrected chi connectivity index (χ2v) is 6.86. The van der Waals surface area contributed by atoms with Gasteiger partial charge < -0.3 is 15.3 Å². The zero-order chi connectivity index (χ0) is 14.8. The molecule has 20 heavy (non-hydrogen) atoms. The van der Waals surface area contributed by atoms with Gasteiger partial charge in [-0.05, 0) is 44.4 Å². The number of carboxylic acids is 1. The fraction of sp³-hybridized carbons (Fsp3) is 0.867. The van der Waals surface area contributed by atoms with Gasteiger partial charge >= 0.3 is 12.0 Å². The number of aliphatic carboxylic acids is 1. The maximum absolute atomic E-state index is 12.4. The van der Waals surface area contributed by atoms with Crippen molar-refractivity contribution in [3.05, 3.63) is 0 Å². The Balaban J connectivity index is 1.98. The summed E-state index contributed by atoms with van der Waals surface area (Å²) in [5.41, 5.74) is -0.871. The highest BCUT2D eigenvalue weighted by Crippen LogP contribution is 2.37. The van der Waals surface area contributed by atoms with Crippen LogP contribution in [0, 0.1) is 5.41 Å². The second kappa shape index (κ2) is 5.62. The molecule has 1 unspecified atom stereocenters. The van der Waals surface area contributed by atoms with Gasteiger partial charge in [-0.3, -0.25) is 0 Å². The Hall–Kier alpha value is -1.26. The molecular weight excluding hydrogens is 256 g/mol. The molecule has 2 amide bonds. The molecule has 0 aromatic rings. The molecule has 2 rings (SSSR count).